The van der Waals surface area contributed by atoms with Gasteiger partial charge in [0.2, 0.25) is 5.91 Å². The SMILES string of the molecule is CC(N)C(=O)NC1c2ccccc2CCC1(C)C. The molecule has 98 valence electrons. The topological polar surface area (TPSA) is 55.1 Å². The minimum Gasteiger partial charge on any atom is -0.347 e. The number of rotatable bonds is 2. The third kappa shape index (κ3) is 2.41. The largest absolute Gasteiger partial charge is 0.347 e. The first-order valence-electron chi connectivity index (χ1n) is 6.55. The summed E-state index contributed by atoms with van der Waals surface area (Å²) in [6.45, 7) is 6.13. The molecular formula is C15H22N2O. The van der Waals surface area contributed by atoms with Crippen LogP contribution in [0.5, 0.6) is 0 Å². The Morgan fingerprint density at radius 2 is 2.11 bits per heavy atom. The molecule has 1 aromatic rings. The van der Waals surface area contributed by atoms with Crippen LogP contribution < -0.4 is 11.1 Å². The van der Waals surface area contributed by atoms with Crippen LogP contribution in [0.3, 0.4) is 0 Å². The van der Waals surface area contributed by atoms with Crippen molar-refractivity contribution in [3.8, 4) is 0 Å². The lowest BCUT2D eigenvalue weighted by atomic mass is 9.70. The predicted octanol–water partition coefficient (Wildman–Crippen LogP) is 2.16. The summed E-state index contributed by atoms with van der Waals surface area (Å²) < 4.78 is 0. The summed E-state index contributed by atoms with van der Waals surface area (Å²) in [7, 11) is 0. The van der Waals surface area contributed by atoms with E-state index < -0.39 is 6.04 Å². The van der Waals surface area contributed by atoms with Gasteiger partial charge in [0.05, 0.1) is 12.1 Å². The van der Waals surface area contributed by atoms with E-state index >= 15 is 0 Å². The van der Waals surface area contributed by atoms with Gasteiger partial charge in [-0.15, -0.1) is 0 Å². The molecule has 1 aliphatic carbocycles. The van der Waals surface area contributed by atoms with Gasteiger partial charge in [-0.05, 0) is 36.3 Å². The Bertz CT molecular complexity index is 452. The van der Waals surface area contributed by atoms with Crippen molar-refractivity contribution in [1.29, 1.82) is 0 Å². The predicted molar refractivity (Wildman–Crippen MR) is 73.1 cm³/mol. The Hall–Kier alpha value is -1.35. The number of hydrogen-bond acceptors (Lipinski definition) is 2. The Morgan fingerprint density at radius 3 is 2.78 bits per heavy atom. The molecule has 0 bridgehead atoms. The zero-order chi connectivity index (χ0) is 13.3. The first kappa shape index (κ1) is 13.1. The molecule has 3 heteroatoms. The van der Waals surface area contributed by atoms with E-state index in [-0.39, 0.29) is 17.4 Å². The molecule has 1 aliphatic rings. The fraction of sp³-hybridized carbons (Fsp3) is 0.533. The van der Waals surface area contributed by atoms with Gasteiger partial charge >= 0.3 is 0 Å². The molecule has 0 radical (unpaired) electrons. The maximum absolute atomic E-state index is 11.9. The summed E-state index contributed by atoms with van der Waals surface area (Å²) in [5.41, 5.74) is 8.30. The van der Waals surface area contributed by atoms with Gasteiger partial charge in [0.1, 0.15) is 0 Å². The highest BCUT2D eigenvalue weighted by atomic mass is 16.2. The maximum atomic E-state index is 11.9. The molecule has 1 amide bonds. The van der Waals surface area contributed by atoms with Gasteiger partial charge in [-0.3, -0.25) is 4.79 Å². The van der Waals surface area contributed by atoms with Gasteiger partial charge < -0.3 is 11.1 Å². The van der Waals surface area contributed by atoms with Crippen molar-refractivity contribution in [3.05, 3.63) is 35.4 Å². The standard InChI is InChI=1S/C15H22N2O/c1-10(16)14(18)17-13-12-7-5-4-6-11(12)8-9-15(13,2)3/h4-7,10,13H,8-9,16H2,1-3H3,(H,17,18). The van der Waals surface area contributed by atoms with Crippen LogP contribution in [0.15, 0.2) is 24.3 Å². The van der Waals surface area contributed by atoms with Gasteiger partial charge in [-0.25, -0.2) is 0 Å². The molecule has 2 rings (SSSR count). The maximum Gasteiger partial charge on any atom is 0.237 e. The Kier molecular flexibility index (Phi) is 3.44. The normalized spacial score (nSPS) is 23.0. The van der Waals surface area contributed by atoms with Crippen LogP contribution in [0.25, 0.3) is 0 Å². The molecule has 0 spiro atoms. The zero-order valence-electron chi connectivity index (χ0n) is 11.4. The Morgan fingerprint density at radius 1 is 1.44 bits per heavy atom. The van der Waals surface area contributed by atoms with Crippen LogP contribution in [0.4, 0.5) is 0 Å². The molecule has 2 atom stereocenters. The molecule has 18 heavy (non-hydrogen) atoms. The minimum atomic E-state index is -0.463. The highest BCUT2D eigenvalue weighted by Gasteiger charge is 2.36. The lowest BCUT2D eigenvalue weighted by Crippen LogP contribution is -2.46. The molecule has 0 fully saturated rings. The van der Waals surface area contributed by atoms with E-state index in [9.17, 15) is 4.79 Å². The molecule has 0 aromatic heterocycles. The monoisotopic (exact) mass is 246 g/mol. The van der Waals surface area contributed by atoms with Crippen LogP contribution in [0.2, 0.25) is 0 Å². The minimum absolute atomic E-state index is 0.0564. The Labute approximate surface area is 109 Å². The van der Waals surface area contributed by atoms with E-state index in [0.29, 0.717) is 0 Å². The number of carbonyl (C=O) groups excluding carboxylic acids is 1. The average Bonchev–Trinajstić information content (AvgIpc) is 2.32. The number of aryl methyl sites for hydroxylation is 1. The number of amides is 1. The first-order chi connectivity index (χ1) is 8.42. The average molecular weight is 246 g/mol. The second kappa shape index (κ2) is 4.73. The van der Waals surface area contributed by atoms with Gasteiger partial charge in [-0.1, -0.05) is 38.1 Å². The van der Waals surface area contributed by atoms with E-state index in [1.54, 1.807) is 6.92 Å². The van der Waals surface area contributed by atoms with Crippen molar-refractivity contribution in [2.45, 2.75) is 45.7 Å². The third-order valence-electron chi connectivity index (χ3n) is 3.89. The molecule has 0 aliphatic heterocycles. The lowest BCUT2D eigenvalue weighted by molar-refractivity contribution is -0.123. The van der Waals surface area contributed by atoms with Crippen molar-refractivity contribution >= 4 is 5.91 Å². The summed E-state index contributed by atoms with van der Waals surface area (Å²) in [6, 6.07) is 7.95. The van der Waals surface area contributed by atoms with Crippen molar-refractivity contribution in [1.82, 2.24) is 5.32 Å². The van der Waals surface area contributed by atoms with Gasteiger partial charge in [0.15, 0.2) is 0 Å². The summed E-state index contributed by atoms with van der Waals surface area (Å²) in [5, 5.41) is 3.10. The van der Waals surface area contributed by atoms with Crippen LogP contribution >= 0.6 is 0 Å². The third-order valence-corrected chi connectivity index (χ3v) is 3.89. The second-order valence-corrected chi connectivity index (χ2v) is 5.92. The van der Waals surface area contributed by atoms with Crippen LogP contribution in [-0.4, -0.2) is 11.9 Å². The van der Waals surface area contributed by atoms with Crippen LogP contribution in [-0.2, 0) is 11.2 Å². The molecule has 0 saturated carbocycles. The van der Waals surface area contributed by atoms with E-state index in [1.165, 1.54) is 11.1 Å². The fourth-order valence-electron chi connectivity index (χ4n) is 2.61. The van der Waals surface area contributed by atoms with Crippen molar-refractivity contribution in [2.75, 3.05) is 0 Å². The highest BCUT2D eigenvalue weighted by Crippen LogP contribution is 2.43. The van der Waals surface area contributed by atoms with Crippen molar-refractivity contribution < 1.29 is 4.79 Å². The summed E-state index contributed by atoms with van der Waals surface area (Å²) in [6.07, 6.45) is 2.15. The lowest BCUT2D eigenvalue weighted by Gasteiger charge is -2.40. The highest BCUT2D eigenvalue weighted by molar-refractivity contribution is 5.81. The van der Waals surface area contributed by atoms with Crippen LogP contribution in [0.1, 0.15) is 44.4 Å². The molecule has 3 N–H and O–H groups in total. The van der Waals surface area contributed by atoms with Crippen molar-refractivity contribution in [3.63, 3.8) is 0 Å². The molecule has 2 unspecified atom stereocenters. The van der Waals surface area contributed by atoms with E-state index in [1.807, 2.05) is 6.07 Å². The van der Waals surface area contributed by atoms with E-state index in [0.717, 1.165) is 12.8 Å². The summed E-state index contributed by atoms with van der Waals surface area (Å²) in [4.78, 5) is 11.9. The van der Waals surface area contributed by atoms with Gasteiger partial charge in [0.25, 0.3) is 0 Å². The Balaban J connectivity index is 2.33. The second-order valence-electron chi connectivity index (χ2n) is 5.92. The molecule has 1 aromatic carbocycles. The smallest absolute Gasteiger partial charge is 0.237 e. The number of carbonyl (C=O) groups is 1. The number of fused-ring (bicyclic) bond motifs is 1. The number of nitrogens with one attached hydrogen (secondary N) is 1. The van der Waals surface area contributed by atoms with Crippen LogP contribution in [0, 0.1) is 5.41 Å². The zero-order valence-corrected chi connectivity index (χ0v) is 11.4. The molecule has 0 heterocycles. The summed E-state index contributed by atoms with van der Waals surface area (Å²) >= 11 is 0. The van der Waals surface area contributed by atoms with Gasteiger partial charge in [0, 0.05) is 0 Å². The molecule has 0 saturated heterocycles. The number of hydrogen-bond donors (Lipinski definition) is 2. The number of nitrogens with two attached hydrogens (primary N) is 1. The van der Waals surface area contributed by atoms with Crippen molar-refractivity contribution in [2.24, 2.45) is 11.1 Å². The quantitative estimate of drug-likeness (QED) is 0.840. The van der Waals surface area contributed by atoms with Gasteiger partial charge in [-0.2, -0.15) is 0 Å². The summed E-state index contributed by atoms with van der Waals surface area (Å²) in [5.74, 6) is -0.0789. The molecular weight excluding hydrogens is 224 g/mol. The fourth-order valence-corrected chi connectivity index (χ4v) is 2.61. The molecule has 3 nitrogen and oxygen atoms in total. The van der Waals surface area contributed by atoms with E-state index in [2.05, 4.69) is 37.4 Å². The van der Waals surface area contributed by atoms with E-state index in [4.69, 9.17) is 5.73 Å². The first-order valence-corrected chi connectivity index (χ1v) is 6.55. The number of benzene rings is 1.